The second-order valence-corrected chi connectivity index (χ2v) is 8.01. The third kappa shape index (κ3) is 3.87. The van der Waals surface area contributed by atoms with Gasteiger partial charge in [0.05, 0.1) is 0 Å². The molecule has 2 aromatic carbocycles. The van der Waals surface area contributed by atoms with Gasteiger partial charge < -0.3 is 15.2 Å². The third-order valence-corrected chi connectivity index (χ3v) is 5.78. The number of nitrogens with zero attached hydrogens (tertiary/aromatic N) is 1. The topological polar surface area (TPSA) is 46.1 Å². The smallest absolute Gasteiger partial charge is 0.255 e. The number of hydrogen-bond acceptors (Lipinski definition) is 2. The van der Waals surface area contributed by atoms with Crippen LogP contribution in [0.1, 0.15) is 41.1 Å². The highest BCUT2D eigenvalue weighted by molar-refractivity contribution is 6.04. The van der Waals surface area contributed by atoms with Gasteiger partial charge in [0.15, 0.2) is 0 Å². The molecule has 0 saturated heterocycles. The zero-order valence-electron chi connectivity index (χ0n) is 15.8. The van der Waals surface area contributed by atoms with Crippen molar-refractivity contribution in [1.82, 2.24) is 9.88 Å². The minimum Gasteiger partial charge on any atom is -0.324 e. The van der Waals surface area contributed by atoms with E-state index in [1.807, 2.05) is 65.5 Å². The van der Waals surface area contributed by atoms with Crippen molar-refractivity contribution in [3.63, 3.8) is 0 Å². The third-order valence-electron chi connectivity index (χ3n) is 5.78. The molecule has 2 N–H and O–H groups in total. The Kier molecular flexibility index (Phi) is 4.49. The number of carbonyl (C=O) groups is 1. The number of hydrogen-bond donors (Lipinski definition) is 2. The Morgan fingerprint density at radius 2 is 1.68 bits per heavy atom. The van der Waals surface area contributed by atoms with Gasteiger partial charge in [0.1, 0.15) is 0 Å². The van der Waals surface area contributed by atoms with Gasteiger partial charge in [0.25, 0.3) is 5.91 Å². The summed E-state index contributed by atoms with van der Waals surface area (Å²) >= 11 is 0. The van der Waals surface area contributed by atoms with Gasteiger partial charge in [-0.2, -0.15) is 0 Å². The highest BCUT2D eigenvalue weighted by Crippen LogP contribution is 2.41. The number of nitrogens with one attached hydrogen (secondary N) is 2. The van der Waals surface area contributed by atoms with Crippen LogP contribution in [-0.2, 0) is 0 Å². The Morgan fingerprint density at radius 1 is 0.964 bits per heavy atom. The van der Waals surface area contributed by atoms with E-state index in [-0.39, 0.29) is 5.91 Å². The summed E-state index contributed by atoms with van der Waals surface area (Å²) in [5, 5.41) is 6.68. The van der Waals surface area contributed by atoms with Gasteiger partial charge in [-0.25, -0.2) is 0 Å². The molecule has 0 aliphatic heterocycles. The van der Waals surface area contributed by atoms with E-state index in [4.69, 9.17) is 0 Å². The number of carbonyl (C=O) groups excluding carboxylic acids is 1. The first kappa shape index (κ1) is 17.3. The minimum atomic E-state index is -0.0813. The predicted molar refractivity (Wildman–Crippen MR) is 112 cm³/mol. The number of rotatable bonds is 7. The maximum absolute atomic E-state index is 12.5. The molecule has 142 valence electrons. The zero-order valence-corrected chi connectivity index (χ0v) is 15.8. The van der Waals surface area contributed by atoms with Crippen molar-refractivity contribution in [3.05, 3.63) is 84.2 Å². The van der Waals surface area contributed by atoms with Crippen molar-refractivity contribution < 1.29 is 4.79 Å². The molecule has 2 fully saturated rings. The lowest BCUT2D eigenvalue weighted by molar-refractivity contribution is 0.102. The average molecular weight is 371 g/mol. The van der Waals surface area contributed by atoms with Gasteiger partial charge >= 0.3 is 0 Å². The normalized spacial score (nSPS) is 20.7. The van der Waals surface area contributed by atoms with E-state index in [0.717, 1.165) is 17.3 Å². The van der Waals surface area contributed by atoms with Crippen LogP contribution in [0.5, 0.6) is 0 Å². The second kappa shape index (κ2) is 7.28. The molecule has 1 aromatic heterocycles. The Morgan fingerprint density at radius 3 is 2.36 bits per heavy atom. The molecule has 3 aromatic rings. The summed E-state index contributed by atoms with van der Waals surface area (Å²) in [6, 6.07) is 20.6. The highest BCUT2D eigenvalue weighted by Gasteiger charge is 2.38. The van der Waals surface area contributed by atoms with Gasteiger partial charge in [-0.3, -0.25) is 4.79 Å². The van der Waals surface area contributed by atoms with Gasteiger partial charge in [-0.05, 0) is 85.8 Å². The van der Waals surface area contributed by atoms with Crippen LogP contribution in [0.15, 0.2) is 73.1 Å². The van der Waals surface area contributed by atoms with Crippen LogP contribution < -0.4 is 10.6 Å². The van der Waals surface area contributed by atoms with Crippen molar-refractivity contribution in [2.75, 3.05) is 11.9 Å². The first-order chi connectivity index (χ1) is 13.8. The molecule has 0 spiro atoms. The number of amides is 1. The largest absolute Gasteiger partial charge is 0.324 e. The number of anilines is 1. The summed E-state index contributed by atoms with van der Waals surface area (Å²) in [5.74, 6) is 1.48. The zero-order chi connectivity index (χ0) is 18.9. The van der Waals surface area contributed by atoms with E-state index >= 15 is 0 Å². The van der Waals surface area contributed by atoms with Crippen molar-refractivity contribution in [2.45, 2.75) is 31.2 Å². The van der Waals surface area contributed by atoms with E-state index in [1.165, 1.54) is 31.4 Å². The molecule has 28 heavy (non-hydrogen) atoms. The molecule has 0 bridgehead atoms. The average Bonchev–Trinajstić information content (AvgIpc) is 3.64. The maximum atomic E-state index is 12.5. The van der Waals surface area contributed by atoms with Gasteiger partial charge in [0, 0.05) is 41.3 Å². The molecule has 4 heteroatoms. The molecule has 2 saturated carbocycles. The lowest BCUT2D eigenvalue weighted by Gasteiger charge is -2.08. The number of benzene rings is 2. The first-order valence-electron chi connectivity index (χ1n) is 10.1. The maximum Gasteiger partial charge on any atom is 0.255 e. The van der Waals surface area contributed by atoms with Crippen LogP contribution in [-0.4, -0.2) is 23.1 Å². The Hall–Kier alpha value is -2.85. The highest BCUT2D eigenvalue weighted by atomic mass is 16.1. The Bertz CT molecular complexity index is 941. The SMILES string of the molecule is O=C(Nc1ccc(C2CC2NCC2CC2)cc1)c1ccc(-n2cccc2)cc1. The standard InChI is InChI=1S/C24H25N3O/c28-24(19-7-11-21(12-8-19)27-13-1-2-14-27)26-20-9-5-18(6-10-20)22-15-23(22)25-16-17-3-4-17/h1-2,5-14,17,22-23,25H,3-4,15-16H2,(H,26,28). The van der Waals surface area contributed by atoms with Crippen molar-refractivity contribution >= 4 is 11.6 Å². The molecule has 0 radical (unpaired) electrons. The molecule has 2 atom stereocenters. The van der Waals surface area contributed by atoms with Crippen molar-refractivity contribution in [1.29, 1.82) is 0 Å². The summed E-state index contributed by atoms with van der Waals surface area (Å²) in [6.07, 6.45) is 8.00. The van der Waals surface area contributed by atoms with Gasteiger partial charge in [-0.1, -0.05) is 12.1 Å². The fourth-order valence-corrected chi connectivity index (χ4v) is 3.74. The first-order valence-corrected chi connectivity index (χ1v) is 10.1. The van der Waals surface area contributed by atoms with Crippen LogP contribution in [0, 0.1) is 5.92 Å². The van der Waals surface area contributed by atoms with E-state index in [2.05, 4.69) is 22.8 Å². The quantitative estimate of drug-likeness (QED) is 0.638. The van der Waals surface area contributed by atoms with E-state index < -0.39 is 0 Å². The van der Waals surface area contributed by atoms with Crippen molar-refractivity contribution in [3.8, 4) is 5.69 Å². The Labute approximate surface area is 165 Å². The van der Waals surface area contributed by atoms with Gasteiger partial charge in [0.2, 0.25) is 0 Å². The monoisotopic (exact) mass is 371 g/mol. The van der Waals surface area contributed by atoms with Crippen molar-refractivity contribution in [2.24, 2.45) is 5.92 Å². The molecule has 2 aliphatic rings. The molecular formula is C24H25N3O. The van der Waals surface area contributed by atoms with E-state index in [9.17, 15) is 4.79 Å². The molecule has 4 nitrogen and oxygen atoms in total. The summed E-state index contributed by atoms with van der Waals surface area (Å²) in [5.41, 5.74) is 3.90. The fourth-order valence-electron chi connectivity index (χ4n) is 3.74. The fraction of sp³-hybridized carbons (Fsp3) is 0.292. The van der Waals surface area contributed by atoms with Crippen LogP contribution in [0.25, 0.3) is 5.69 Å². The summed E-state index contributed by atoms with van der Waals surface area (Å²) < 4.78 is 2.02. The van der Waals surface area contributed by atoms with Crippen LogP contribution in [0.3, 0.4) is 0 Å². The lowest BCUT2D eigenvalue weighted by atomic mass is 10.1. The van der Waals surface area contributed by atoms with Gasteiger partial charge in [-0.15, -0.1) is 0 Å². The predicted octanol–water partition coefficient (Wildman–Crippen LogP) is 4.59. The molecule has 5 rings (SSSR count). The van der Waals surface area contributed by atoms with E-state index in [0.29, 0.717) is 17.5 Å². The number of aromatic nitrogens is 1. The summed E-state index contributed by atoms with van der Waals surface area (Å²) in [4.78, 5) is 12.5. The lowest BCUT2D eigenvalue weighted by Crippen LogP contribution is -2.20. The summed E-state index contributed by atoms with van der Waals surface area (Å²) in [6.45, 7) is 1.18. The minimum absolute atomic E-state index is 0.0813. The Balaban J connectivity index is 1.17. The molecule has 2 aliphatic carbocycles. The van der Waals surface area contributed by atoms with Crippen LogP contribution in [0.2, 0.25) is 0 Å². The molecular weight excluding hydrogens is 346 g/mol. The van der Waals surface area contributed by atoms with Crippen LogP contribution in [0.4, 0.5) is 5.69 Å². The molecule has 1 heterocycles. The molecule has 2 unspecified atom stereocenters. The van der Waals surface area contributed by atoms with E-state index in [1.54, 1.807) is 0 Å². The summed E-state index contributed by atoms with van der Waals surface area (Å²) in [7, 11) is 0. The second-order valence-electron chi connectivity index (χ2n) is 8.01. The molecule has 1 amide bonds. The van der Waals surface area contributed by atoms with Crippen LogP contribution >= 0.6 is 0 Å².